The minimum absolute atomic E-state index is 0.117. The molecule has 1 atom stereocenters. The molecule has 0 fully saturated rings. The third kappa shape index (κ3) is 12.2. The number of hydrogen-bond acceptors (Lipinski definition) is 17. The Morgan fingerprint density at radius 3 is 2.08 bits per heavy atom. The van der Waals surface area contributed by atoms with Crippen LogP contribution in [0.15, 0.2) is 110 Å². The van der Waals surface area contributed by atoms with Crippen molar-refractivity contribution in [2.45, 2.75) is 58.9 Å². The first-order chi connectivity index (χ1) is 29.0. The summed E-state index contributed by atoms with van der Waals surface area (Å²) in [6, 6.07) is 25.9. The van der Waals surface area contributed by atoms with Gasteiger partial charge in [-0.25, -0.2) is 0 Å². The number of methoxy groups -OCH3 is 2. The monoisotopic (exact) mass is 848 g/mol. The number of rotatable bonds is 20. The largest absolute Gasteiger partial charge is 0.469 e. The van der Waals surface area contributed by atoms with Crippen LogP contribution < -0.4 is 10.2 Å². The van der Waals surface area contributed by atoms with Crippen molar-refractivity contribution in [2.75, 3.05) is 37.5 Å². The third-order valence-electron chi connectivity index (χ3n) is 9.13. The molecule has 0 spiro atoms. The molecule has 0 amide bonds. The van der Waals surface area contributed by atoms with Crippen LogP contribution in [0.25, 0.3) is 11.1 Å². The van der Waals surface area contributed by atoms with E-state index in [-0.39, 0.29) is 35.8 Å². The maximum Gasteiger partial charge on any atom is 0.326 e. The minimum Gasteiger partial charge on any atom is -0.469 e. The van der Waals surface area contributed by atoms with Crippen molar-refractivity contribution >= 4 is 83.1 Å². The van der Waals surface area contributed by atoms with Crippen LogP contribution in [-0.2, 0) is 25.5 Å². The van der Waals surface area contributed by atoms with Crippen LogP contribution in [0.1, 0.15) is 50.7 Å². The Labute approximate surface area is 355 Å². The number of carbonyl (C=O) groups excluding carboxylic acids is 2. The maximum absolute atomic E-state index is 12.2. The number of anilines is 2. The topological polar surface area (TPSA) is 209 Å². The number of carbonyl (C=O) groups is 2. The summed E-state index contributed by atoms with van der Waals surface area (Å²) in [5.74, 6) is -0.758. The van der Waals surface area contributed by atoms with Gasteiger partial charge in [0, 0.05) is 59.7 Å². The Balaban J connectivity index is 1.52. The summed E-state index contributed by atoms with van der Waals surface area (Å²) < 4.78 is 9.62. The molecule has 18 heteroatoms. The molecule has 2 heterocycles. The summed E-state index contributed by atoms with van der Waals surface area (Å²) in [6.45, 7) is 6.46. The molecule has 0 aliphatic rings. The van der Waals surface area contributed by atoms with Gasteiger partial charge in [0.2, 0.25) is 0 Å². The van der Waals surface area contributed by atoms with Gasteiger partial charge in [-0.3, -0.25) is 19.7 Å². The number of hydrogen-bond donors (Lipinski definition) is 1. The normalized spacial score (nSPS) is 11.9. The average Bonchev–Trinajstić information content (AvgIpc) is 3.85. The zero-order chi connectivity index (χ0) is 43.0. The molecule has 5 aromatic rings. The van der Waals surface area contributed by atoms with Crippen LogP contribution in [-0.4, -0.2) is 50.2 Å². The van der Waals surface area contributed by atoms with E-state index in [4.69, 9.17) is 14.7 Å². The van der Waals surface area contributed by atoms with E-state index in [2.05, 4.69) is 42.1 Å². The van der Waals surface area contributed by atoms with Crippen molar-refractivity contribution < 1.29 is 24.0 Å². The lowest BCUT2D eigenvalue weighted by Gasteiger charge is -2.24. The maximum atomic E-state index is 12.2. The lowest BCUT2D eigenvalue weighted by atomic mass is 10.0. The van der Waals surface area contributed by atoms with Crippen molar-refractivity contribution in [3.8, 4) is 17.2 Å². The quantitative estimate of drug-likeness (QED) is 0.0341. The molecule has 0 bridgehead atoms. The molecule has 0 saturated carbocycles. The standard InChI is InChI=1S/C42H44N10O6S2/c1-6-33-39(42(50-45-30-12-8-7-9-13-30)60-40(33)48-46-31-16-14-29(15-17-31)44-28(3)11-10-22-43)34-26-36(52(55)56)59-41(34)49-47-35-19-18-32(25-27(35)2)51(23-20-37(53)57-4)24-21-38(54)58-5/h7-9,12-19,25-26,28,44H,6,10-11,20-21,23-24H2,1-5H3. The third-order valence-corrected chi connectivity index (χ3v) is 11.1. The van der Waals surface area contributed by atoms with E-state index in [1.165, 1.54) is 31.6 Å². The molecule has 3 aromatic carbocycles. The number of nitrogens with zero attached hydrogens (tertiary/aromatic N) is 9. The van der Waals surface area contributed by atoms with Gasteiger partial charge < -0.3 is 19.7 Å². The average molecular weight is 849 g/mol. The lowest BCUT2D eigenvalue weighted by Crippen LogP contribution is -2.29. The van der Waals surface area contributed by atoms with Gasteiger partial charge in [0.25, 0.3) is 0 Å². The van der Waals surface area contributed by atoms with Crippen LogP contribution in [0, 0.1) is 28.4 Å². The number of thiophene rings is 2. The van der Waals surface area contributed by atoms with Crippen molar-refractivity contribution in [3.63, 3.8) is 0 Å². The highest BCUT2D eigenvalue weighted by Gasteiger charge is 2.27. The second-order valence-corrected chi connectivity index (χ2v) is 15.3. The number of benzene rings is 3. The van der Waals surface area contributed by atoms with Gasteiger partial charge in [-0.05, 0) is 98.2 Å². The van der Waals surface area contributed by atoms with Gasteiger partial charge in [-0.2, -0.15) is 5.26 Å². The first-order valence-electron chi connectivity index (χ1n) is 19.0. The Bertz CT molecular complexity index is 2390. The number of nitriles is 1. The summed E-state index contributed by atoms with van der Waals surface area (Å²) in [7, 11) is 2.64. The van der Waals surface area contributed by atoms with Crippen molar-refractivity contribution in [3.05, 3.63) is 100 Å². The molecule has 0 radical (unpaired) electrons. The molecular weight excluding hydrogens is 805 g/mol. The van der Waals surface area contributed by atoms with E-state index in [1.807, 2.05) is 92.4 Å². The molecule has 2 aromatic heterocycles. The number of azo groups is 3. The SMILES string of the molecule is CCc1c(N=Nc2ccc(NC(C)CCC#N)cc2)sc(N=Nc2ccccc2)c1-c1cc([N+](=O)[O-])sc1N=Nc1ccc(N(CCC(=O)OC)CCC(=O)OC)cc1C. The van der Waals surface area contributed by atoms with Gasteiger partial charge in [0.15, 0.2) is 5.00 Å². The predicted molar refractivity (Wildman–Crippen MR) is 234 cm³/mol. The van der Waals surface area contributed by atoms with Crippen molar-refractivity contribution in [2.24, 2.45) is 30.7 Å². The van der Waals surface area contributed by atoms with Gasteiger partial charge in [-0.15, -0.1) is 30.7 Å². The first-order valence-corrected chi connectivity index (χ1v) is 20.6. The van der Waals surface area contributed by atoms with Crippen molar-refractivity contribution in [1.29, 1.82) is 5.26 Å². The zero-order valence-corrected chi connectivity index (χ0v) is 35.5. The van der Waals surface area contributed by atoms with Gasteiger partial charge in [0.05, 0.1) is 55.1 Å². The number of esters is 2. The molecule has 5 rings (SSSR count). The number of nitro groups is 1. The molecule has 310 valence electrons. The predicted octanol–water partition coefficient (Wildman–Crippen LogP) is 12.5. The molecule has 1 N–H and O–H groups in total. The summed E-state index contributed by atoms with van der Waals surface area (Å²) in [5, 5.41) is 53.1. The van der Waals surface area contributed by atoms with Crippen LogP contribution >= 0.6 is 22.7 Å². The van der Waals surface area contributed by atoms with Crippen LogP contribution in [0.5, 0.6) is 0 Å². The highest BCUT2D eigenvalue weighted by Crippen LogP contribution is 2.54. The van der Waals surface area contributed by atoms with E-state index in [1.54, 1.807) is 6.07 Å². The lowest BCUT2D eigenvalue weighted by molar-refractivity contribution is -0.380. The van der Waals surface area contributed by atoms with Crippen LogP contribution in [0.4, 0.5) is 48.4 Å². The molecule has 0 saturated heterocycles. The Kier molecular flexibility index (Phi) is 16.2. The van der Waals surface area contributed by atoms with Crippen LogP contribution in [0.3, 0.4) is 0 Å². The molecule has 1 unspecified atom stereocenters. The van der Waals surface area contributed by atoms with Crippen LogP contribution in [0.2, 0.25) is 0 Å². The van der Waals surface area contributed by atoms with Gasteiger partial charge in [-0.1, -0.05) is 36.5 Å². The summed E-state index contributed by atoms with van der Waals surface area (Å²) in [4.78, 5) is 37.5. The summed E-state index contributed by atoms with van der Waals surface area (Å²) in [6.07, 6.45) is 1.92. The number of aryl methyl sites for hydroxylation is 1. The molecular formula is C42H44N10O6S2. The van der Waals surface area contributed by atoms with E-state index in [0.29, 0.717) is 69.1 Å². The fraction of sp³-hybridized carbons (Fsp3) is 0.310. The smallest absolute Gasteiger partial charge is 0.326 e. The first kappa shape index (κ1) is 44.4. The number of ether oxygens (including phenoxy) is 2. The van der Waals surface area contributed by atoms with E-state index < -0.39 is 4.92 Å². The fourth-order valence-corrected chi connectivity index (χ4v) is 7.80. The molecule has 16 nitrogen and oxygen atoms in total. The summed E-state index contributed by atoms with van der Waals surface area (Å²) in [5.41, 5.74) is 5.96. The zero-order valence-electron chi connectivity index (χ0n) is 33.8. The second-order valence-electron chi connectivity index (χ2n) is 13.3. The molecule has 0 aliphatic heterocycles. The minimum atomic E-state index is -0.461. The Hall–Kier alpha value is -6.71. The van der Waals surface area contributed by atoms with Gasteiger partial charge >= 0.3 is 16.9 Å². The van der Waals surface area contributed by atoms with Gasteiger partial charge in [0.1, 0.15) is 10.0 Å². The number of nitrogens with one attached hydrogen (secondary N) is 1. The van der Waals surface area contributed by atoms with E-state index >= 15 is 0 Å². The molecule has 60 heavy (non-hydrogen) atoms. The second kappa shape index (κ2) is 21.9. The van der Waals surface area contributed by atoms with E-state index in [0.717, 1.165) is 40.3 Å². The molecule has 0 aliphatic carbocycles. The van der Waals surface area contributed by atoms with E-state index in [9.17, 15) is 19.7 Å². The fourth-order valence-electron chi connectivity index (χ4n) is 5.95. The highest BCUT2D eigenvalue weighted by molar-refractivity contribution is 7.21. The Morgan fingerprint density at radius 2 is 1.48 bits per heavy atom. The highest BCUT2D eigenvalue weighted by atomic mass is 32.1. The Morgan fingerprint density at radius 1 is 0.850 bits per heavy atom. The summed E-state index contributed by atoms with van der Waals surface area (Å²) >= 11 is 2.16. The van der Waals surface area contributed by atoms with Crippen molar-refractivity contribution in [1.82, 2.24) is 0 Å².